The molecule has 0 atom stereocenters. The highest BCUT2D eigenvalue weighted by Gasteiger charge is 2.23. The van der Waals surface area contributed by atoms with Gasteiger partial charge in [0.25, 0.3) is 0 Å². The van der Waals surface area contributed by atoms with Crippen molar-refractivity contribution in [2.75, 3.05) is 5.32 Å². The number of carbonyl (C=O) groups excluding carboxylic acids is 1. The minimum absolute atomic E-state index is 0.0787. The van der Waals surface area contributed by atoms with Crippen molar-refractivity contribution in [3.63, 3.8) is 0 Å². The molecule has 0 saturated heterocycles. The van der Waals surface area contributed by atoms with E-state index in [-0.39, 0.29) is 5.41 Å². The van der Waals surface area contributed by atoms with E-state index in [9.17, 15) is 4.79 Å². The summed E-state index contributed by atoms with van der Waals surface area (Å²) in [5.41, 5.74) is 7.65. The Hall–Kier alpha value is -2.56. The highest BCUT2D eigenvalue weighted by Crippen LogP contribution is 2.28. The minimum atomic E-state index is -0.566. The number of H-pyrrole nitrogens is 1. The number of anilines is 1. The van der Waals surface area contributed by atoms with Gasteiger partial charge in [-0.2, -0.15) is 0 Å². The van der Waals surface area contributed by atoms with Crippen LogP contribution in [0.25, 0.3) is 0 Å². The largest absolute Gasteiger partial charge is 0.437 e. The number of carbonyl (C=O) groups is 1. The van der Waals surface area contributed by atoms with Gasteiger partial charge in [0.2, 0.25) is 0 Å². The van der Waals surface area contributed by atoms with Crippen molar-refractivity contribution in [1.29, 1.82) is 0 Å². The van der Waals surface area contributed by atoms with E-state index in [0.29, 0.717) is 5.69 Å². The van der Waals surface area contributed by atoms with E-state index >= 15 is 0 Å². The van der Waals surface area contributed by atoms with Crippen molar-refractivity contribution >= 4 is 17.5 Å². The lowest BCUT2D eigenvalue weighted by Crippen LogP contribution is -2.16. The van der Waals surface area contributed by atoms with Crippen LogP contribution in [0.2, 0.25) is 0 Å². The molecule has 144 valence electrons. The second kappa shape index (κ2) is 7.59. The number of aryl methyl sites for hydroxylation is 2. The Balaban J connectivity index is 1.69. The van der Waals surface area contributed by atoms with Gasteiger partial charge in [-0.1, -0.05) is 45.0 Å². The Morgan fingerprint density at radius 2 is 1.93 bits per heavy atom. The smallest absolute Gasteiger partial charge is 0.362 e. The van der Waals surface area contributed by atoms with E-state index < -0.39 is 6.09 Å². The van der Waals surface area contributed by atoms with E-state index in [1.54, 1.807) is 0 Å². The van der Waals surface area contributed by atoms with Crippen LogP contribution in [0.3, 0.4) is 0 Å². The zero-order valence-corrected chi connectivity index (χ0v) is 16.9. The normalized spacial score (nSPS) is 15.5. The molecule has 0 radical (unpaired) electrons. The van der Waals surface area contributed by atoms with E-state index in [2.05, 4.69) is 50.1 Å². The van der Waals surface area contributed by atoms with Gasteiger partial charge >= 0.3 is 6.09 Å². The molecule has 1 aliphatic carbocycles. The highest BCUT2D eigenvalue weighted by molar-refractivity contribution is 6.04. The Morgan fingerprint density at radius 3 is 2.56 bits per heavy atom. The van der Waals surface area contributed by atoms with Crippen molar-refractivity contribution in [2.45, 2.75) is 65.7 Å². The maximum absolute atomic E-state index is 12.2. The first-order valence-electron chi connectivity index (χ1n) is 9.65. The number of hydrogen-bond donors (Lipinski definition) is 2. The fourth-order valence-electron chi connectivity index (χ4n) is 3.65. The first kappa shape index (κ1) is 19.2. The Labute approximate surface area is 161 Å². The third-order valence-electron chi connectivity index (χ3n) is 5.11. The van der Waals surface area contributed by atoms with E-state index in [1.165, 1.54) is 22.5 Å². The molecule has 2 N–H and O–H groups in total. The van der Waals surface area contributed by atoms with Crippen LogP contribution in [0, 0.1) is 6.92 Å². The van der Waals surface area contributed by atoms with Gasteiger partial charge in [0.15, 0.2) is 0 Å². The second-order valence-corrected chi connectivity index (χ2v) is 8.16. The third-order valence-corrected chi connectivity index (χ3v) is 5.11. The van der Waals surface area contributed by atoms with Gasteiger partial charge in [-0.15, -0.1) is 0 Å². The maximum Gasteiger partial charge on any atom is 0.437 e. The molecule has 1 aromatic carbocycles. The summed E-state index contributed by atoms with van der Waals surface area (Å²) in [7, 11) is 0. The molecule has 0 saturated carbocycles. The van der Waals surface area contributed by atoms with Crippen molar-refractivity contribution in [2.24, 2.45) is 5.16 Å². The van der Waals surface area contributed by atoms with Crippen molar-refractivity contribution in [3.8, 4) is 0 Å². The molecule has 1 aromatic heterocycles. The quantitative estimate of drug-likeness (QED) is 0.558. The van der Waals surface area contributed by atoms with E-state index in [0.717, 1.165) is 37.0 Å². The van der Waals surface area contributed by atoms with Crippen LogP contribution in [0.4, 0.5) is 10.5 Å². The average Bonchev–Trinajstić information content (AvgIpc) is 2.95. The Kier molecular flexibility index (Phi) is 5.40. The lowest BCUT2D eigenvalue weighted by atomic mass is 9.87. The summed E-state index contributed by atoms with van der Waals surface area (Å²) in [5, 5.41) is 6.93. The van der Waals surface area contributed by atoms with Gasteiger partial charge in [-0.3, -0.25) is 10.2 Å². The first-order valence-corrected chi connectivity index (χ1v) is 9.65. The molecule has 0 unspecified atom stereocenters. The molecule has 0 fully saturated rings. The van der Waals surface area contributed by atoms with Crippen LogP contribution in [0.1, 0.15) is 68.6 Å². The molecule has 1 amide bonds. The van der Waals surface area contributed by atoms with Crippen LogP contribution in [0.15, 0.2) is 29.4 Å². The maximum atomic E-state index is 12.2. The lowest BCUT2D eigenvalue weighted by molar-refractivity contribution is 0.166. The number of hydrogen-bond acceptors (Lipinski definition) is 3. The molecular weight excluding hydrogens is 338 g/mol. The summed E-state index contributed by atoms with van der Waals surface area (Å²) in [6.07, 6.45) is 3.22. The Morgan fingerprint density at radius 1 is 1.22 bits per heavy atom. The predicted molar refractivity (Wildman–Crippen MR) is 110 cm³/mol. The molecule has 0 aliphatic heterocycles. The predicted octanol–water partition coefficient (Wildman–Crippen LogP) is 5.47. The number of aromatic amines is 1. The van der Waals surface area contributed by atoms with Crippen LogP contribution < -0.4 is 5.32 Å². The Bertz CT molecular complexity index is 855. The number of nitrogens with one attached hydrogen (secondary N) is 2. The number of rotatable bonds is 3. The lowest BCUT2D eigenvalue weighted by Gasteiger charge is -2.19. The van der Waals surface area contributed by atoms with Crippen molar-refractivity contribution in [1.82, 2.24) is 4.98 Å². The summed E-state index contributed by atoms with van der Waals surface area (Å²) in [4.78, 5) is 20.8. The molecule has 2 aromatic rings. The number of nitrogens with zero attached hydrogens (tertiary/aromatic N) is 1. The van der Waals surface area contributed by atoms with Gasteiger partial charge in [0.1, 0.15) is 0 Å². The molecule has 27 heavy (non-hydrogen) atoms. The van der Waals surface area contributed by atoms with Gasteiger partial charge in [0, 0.05) is 22.6 Å². The monoisotopic (exact) mass is 367 g/mol. The third kappa shape index (κ3) is 4.24. The average molecular weight is 367 g/mol. The molecule has 0 spiro atoms. The number of benzene rings is 1. The molecule has 0 bridgehead atoms. The number of amides is 1. The molecule has 3 rings (SSSR count). The molecule has 1 heterocycles. The summed E-state index contributed by atoms with van der Waals surface area (Å²) >= 11 is 0. The highest BCUT2D eigenvalue weighted by atomic mass is 16.7. The summed E-state index contributed by atoms with van der Waals surface area (Å²) in [5.74, 6) is 0. The first-order chi connectivity index (χ1) is 12.8. The summed E-state index contributed by atoms with van der Waals surface area (Å²) in [6, 6.07) is 7.81. The molecule has 5 heteroatoms. The van der Waals surface area contributed by atoms with E-state index in [1.807, 2.05) is 24.3 Å². The fourth-order valence-corrected chi connectivity index (χ4v) is 3.65. The zero-order valence-electron chi connectivity index (χ0n) is 16.9. The van der Waals surface area contributed by atoms with E-state index in [4.69, 9.17) is 4.84 Å². The number of aromatic nitrogens is 1. The molecular formula is C22H29N3O2. The summed E-state index contributed by atoms with van der Waals surface area (Å²) < 4.78 is 0. The summed E-state index contributed by atoms with van der Waals surface area (Å²) in [6.45, 7) is 10.7. The van der Waals surface area contributed by atoms with Crippen LogP contribution >= 0.6 is 0 Å². The minimum Gasteiger partial charge on any atom is -0.362 e. The fraction of sp³-hybridized carbons (Fsp3) is 0.455. The van der Waals surface area contributed by atoms with Crippen LogP contribution in [0.5, 0.6) is 0 Å². The van der Waals surface area contributed by atoms with Crippen molar-refractivity contribution < 1.29 is 9.63 Å². The van der Waals surface area contributed by atoms with Gasteiger partial charge in [-0.05, 0) is 61.3 Å². The van der Waals surface area contributed by atoms with Crippen LogP contribution in [-0.4, -0.2) is 16.8 Å². The van der Waals surface area contributed by atoms with Gasteiger partial charge in [0.05, 0.1) is 5.71 Å². The standard InChI is InChI=1S/C22H29N3O2/c1-6-17-14(2)23-18-8-7-9-19(20(17)18)25-27-21(26)24-16-12-10-15(11-13-16)22(3,4)5/h10-13,23H,6-9H2,1-5H3,(H,24,26)/b25-19+. The van der Waals surface area contributed by atoms with Gasteiger partial charge < -0.3 is 4.98 Å². The van der Waals surface area contributed by atoms with Crippen LogP contribution in [-0.2, 0) is 23.1 Å². The molecule has 5 nitrogen and oxygen atoms in total. The number of oxime groups is 1. The van der Waals surface area contributed by atoms with Crippen molar-refractivity contribution in [3.05, 3.63) is 52.3 Å². The zero-order chi connectivity index (χ0) is 19.6. The number of fused-ring (bicyclic) bond motifs is 1. The topological polar surface area (TPSA) is 66.5 Å². The molecule has 1 aliphatic rings. The van der Waals surface area contributed by atoms with Gasteiger partial charge in [-0.25, -0.2) is 4.79 Å². The SMILES string of the molecule is CCc1c(C)[nH]c2c1/C(=N/OC(=O)Nc1ccc(C(C)(C)C)cc1)CCC2. The second-order valence-electron chi connectivity index (χ2n) is 8.16.